The molecule has 1 heterocycles. The number of anilines is 1. The van der Waals surface area contributed by atoms with Crippen molar-refractivity contribution in [1.29, 1.82) is 0 Å². The Kier molecular flexibility index (Phi) is 3.27. The van der Waals surface area contributed by atoms with Crippen LogP contribution in [0.25, 0.3) is 0 Å². The standard InChI is InChI=1S/C7H12N2O2S2/c1-6(5-13(2,10)11)9-7-8-3-4-12-7/h3-4,6H,5H2,1-2H3,(H,8,9). The number of aromatic nitrogens is 1. The summed E-state index contributed by atoms with van der Waals surface area (Å²) in [5, 5.41) is 5.61. The van der Waals surface area contributed by atoms with Gasteiger partial charge in [-0.2, -0.15) is 0 Å². The molecule has 0 aromatic carbocycles. The number of hydrogen-bond donors (Lipinski definition) is 1. The summed E-state index contributed by atoms with van der Waals surface area (Å²) in [5.74, 6) is 0.132. The summed E-state index contributed by atoms with van der Waals surface area (Å²) < 4.78 is 21.8. The van der Waals surface area contributed by atoms with E-state index in [9.17, 15) is 8.42 Å². The Hall–Kier alpha value is -0.620. The fourth-order valence-corrected chi connectivity index (χ4v) is 2.63. The Labute approximate surface area is 81.9 Å². The van der Waals surface area contributed by atoms with Gasteiger partial charge in [0.25, 0.3) is 0 Å². The molecule has 0 radical (unpaired) electrons. The van der Waals surface area contributed by atoms with Crippen molar-refractivity contribution in [2.24, 2.45) is 0 Å². The van der Waals surface area contributed by atoms with E-state index < -0.39 is 9.84 Å². The molecular weight excluding hydrogens is 208 g/mol. The summed E-state index contributed by atoms with van der Waals surface area (Å²) in [6, 6.07) is -0.0962. The number of hydrogen-bond acceptors (Lipinski definition) is 5. The van der Waals surface area contributed by atoms with Gasteiger partial charge in [0.05, 0.1) is 5.75 Å². The highest BCUT2D eigenvalue weighted by Gasteiger charge is 2.10. The molecule has 0 saturated heterocycles. The van der Waals surface area contributed by atoms with Gasteiger partial charge in [0, 0.05) is 23.9 Å². The molecule has 13 heavy (non-hydrogen) atoms. The SMILES string of the molecule is CC(CS(C)(=O)=O)Nc1nccs1. The number of sulfone groups is 1. The molecule has 1 aromatic heterocycles. The molecule has 4 nitrogen and oxygen atoms in total. The van der Waals surface area contributed by atoms with Crippen LogP contribution in [0.5, 0.6) is 0 Å². The van der Waals surface area contributed by atoms with Crippen LogP contribution in [0.15, 0.2) is 11.6 Å². The summed E-state index contributed by atoms with van der Waals surface area (Å²) in [7, 11) is -2.91. The first-order valence-corrected chi connectivity index (χ1v) is 6.75. The van der Waals surface area contributed by atoms with Gasteiger partial charge >= 0.3 is 0 Å². The predicted octanol–water partition coefficient (Wildman–Crippen LogP) is 0.988. The maximum atomic E-state index is 10.9. The minimum Gasteiger partial charge on any atom is -0.358 e. The Bertz CT molecular complexity index is 345. The van der Waals surface area contributed by atoms with E-state index in [0.717, 1.165) is 5.13 Å². The van der Waals surface area contributed by atoms with Crippen LogP contribution in [0.3, 0.4) is 0 Å². The molecule has 1 atom stereocenters. The van der Waals surface area contributed by atoms with E-state index in [1.807, 2.05) is 12.3 Å². The monoisotopic (exact) mass is 220 g/mol. The zero-order chi connectivity index (χ0) is 9.90. The van der Waals surface area contributed by atoms with Crippen molar-refractivity contribution < 1.29 is 8.42 Å². The number of rotatable bonds is 4. The summed E-state index contributed by atoms with van der Waals surface area (Å²) in [4.78, 5) is 4.00. The van der Waals surface area contributed by atoms with Gasteiger partial charge in [0.1, 0.15) is 9.84 Å². The van der Waals surface area contributed by atoms with E-state index in [1.54, 1.807) is 6.20 Å². The summed E-state index contributed by atoms with van der Waals surface area (Å²) in [6.45, 7) is 1.82. The zero-order valence-corrected chi connectivity index (χ0v) is 9.15. The average molecular weight is 220 g/mol. The lowest BCUT2D eigenvalue weighted by Crippen LogP contribution is -2.24. The second-order valence-corrected chi connectivity index (χ2v) is 6.05. The summed E-state index contributed by atoms with van der Waals surface area (Å²) in [6.07, 6.45) is 2.91. The van der Waals surface area contributed by atoms with Crippen LogP contribution in [0.1, 0.15) is 6.92 Å². The Morgan fingerprint density at radius 1 is 1.69 bits per heavy atom. The third-order valence-corrected chi connectivity index (χ3v) is 3.16. The molecule has 0 bridgehead atoms. The molecule has 6 heteroatoms. The van der Waals surface area contributed by atoms with Crippen LogP contribution in [-0.4, -0.2) is 31.5 Å². The maximum absolute atomic E-state index is 10.9. The van der Waals surface area contributed by atoms with Gasteiger partial charge in [0.15, 0.2) is 5.13 Å². The zero-order valence-electron chi connectivity index (χ0n) is 7.52. The van der Waals surface area contributed by atoms with Gasteiger partial charge in [0.2, 0.25) is 0 Å². The third kappa shape index (κ3) is 4.23. The first kappa shape index (κ1) is 10.5. The molecule has 0 aliphatic carbocycles. The molecule has 1 aromatic rings. The van der Waals surface area contributed by atoms with Crippen molar-refractivity contribution in [3.05, 3.63) is 11.6 Å². The molecule has 0 aliphatic rings. The molecule has 74 valence electrons. The Balaban J connectivity index is 2.47. The van der Waals surface area contributed by atoms with Crippen LogP contribution >= 0.6 is 11.3 Å². The van der Waals surface area contributed by atoms with Gasteiger partial charge in [-0.25, -0.2) is 13.4 Å². The van der Waals surface area contributed by atoms with Gasteiger partial charge in [-0.3, -0.25) is 0 Å². The van der Waals surface area contributed by atoms with Crippen LogP contribution in [0, 0.1) is 0 Å². The highest BCUT2D eigenvalue weighted by Crippen LogP contribution is 2.11. The van der Waals surface area contributed by atoms with Crippen molar-refractivity contribution in [2.75, 3.05) is 17.3 Å². The van der Waals surface area contributed by atoms with E-state index in [1.165, 1.54) is 17.6 Å². The van der Waals surface area contributed by atoms with Crippen molar-refractivity contribution >= 4 is 26.3 Å². The van der Waals surface area contributed by atoms with Crippen LogP contribution < -0.4 is 5.32 Å². The summed E-state index contributed by atoms with van der Waals surface area (Å²) in [5.41, 5.74) is 0. The van der Waals surface area contributed by atoms with Crippen LogP contribution in [0.4, 0.5) is 5.13 Å². The quantitative estimate of drug-likeness (QED) is 0.822. The van der Waals surface area contributed by atoms with Crippen molar-refractivity contribution in [1.82, 2.24) is 4.98 Å². The number of thiazole rings is 1. The lowest BCUT2D eigenvalue weighted by Gasteiger charge is -2.10. The molecule has 0 spiro atoms. The maximum Gasteiger partial charge on any atom is 0.182 e. The predicted molar refractivity (Wildman–Crippen MR) is 54.9 cm³/mol. The average Bonchev–Trinajstić information content (AvgIpc) is 2.34. The van der Waals surface area contributed by atoms with Crippen molar-refractivity contribution in [2.45, 2.75) is 13.0 Å². The molecule has 1 N–H and O–H groups in total. The molecule has 1 rings (SSSR count). The van der Waals surface area contributed by atoms with E-state index in [2.05, 4.69) is 10.3 Å². The number of nitrogens with one attached hydrogen (secondary N) is 1. The van der Waals surface area contributed by atoms with Crippen molar-refractivity contribution in [3.8, 4) is 0 Å². The fourth-order valence-electron chi connectivity index (χ4n) is 1.00. The minimum absolute atomic E-state index is 0.0962. The first-order chi connectivity index (χ1) is 5.97. The lowest BCUT2D eigenvalue weighted by atomic mass is 10.4. The molecular formula is C7H12N2O2S2. The minimum atomic E-state index is -2.91. The highest BCUT2D eigenvalue weighted by atomic mass is 32.2. The summed E-state index contributed by atoms with van der Waals surface area (Å²) >= 11 is 1.46. The third-order valence-electron chi connectivity index (χ3n) is 1.35. The highest BCUT2D eigenvalue weighted by molar-refractivity contribution is 7.90. The lowest BCUT2D eigenvalue weighted by molar-refractivity contribution is 0.598. The van der Waals surface area contributed by atoms with Gasteiger partial charge in [-0.1, -0.05) is 0 Å². The second kappa shape index (κ2) is 4.06. The Morgan fingerprint density at radius 3 is 2.85 bits per heavy atom. The smallest absolute Gasteiger partial charge is 0.182 e. The normalized spacial score (nSPS) is 14.0. The molecule has 0 fully saturated rings. The van der Waals surface area contributed by atoms with E-state index in [4.69, 9.17) is 0 Å². The molecule has 0 saturated carbocycles. The van der Waals surface area contributed by atoms with E-state index in [-0.39, 0.29) is 11.8 Å². The number of nitrogens with zero attached hydrogens (tertiary/aromatic N) is 1. The second-order valence-electron chi connectivity index (χ2n) is 2.98. The first-order valence-electron chi connectivity index (χ1n) is 3.81. The molecule has 1 unspecified atom stereocenters. The van der Waals surface area contributed by atoms with Gasteiger partial charge in [-0.15, -0.1) is 11.3 Å². The van der Waals surface area contributed by atoms with E-state index >= 15 is 0 Å². The van der Waals surface area contributed by atoms with Crippen molar-refractivity contribution in [3.63, 3.8) is 0 Å². The topological polar surface area (TPSA) is 59.1 Å². The van der Waals surface area contributed by atoms with E-state index in [0.29, 0.717) is 0 Å². The van der Waals surface area contributed by atoms with Crippen LogP contribution in [0.2, 0.25) is 0 Å². The fraction of sp³-hybridized carbons (Fsp3) is 0.571. The Morgan fingerprint density at radius 2 is 2.38 bits per heavy atom. The molecule has 0 amide bonds. The van der Waals surface area contributed by atoms with Gasteiger partial charge in [-0.05, 0) is 6.92 Å². The molecule has 0 aliphatic heterocycles. The largest absolute Gasteiger partial charge is 0.358 e. The van der Waals surface area contributed by atoms with Crippen LogP contribution in [-0.2, 0) is 9.84 Å². The van der Waals surface area contributed by atoms with Gasteiger partial charge < -0.3 is 5.32 Å².